The standard InChI is InChI=1S/C24H29N5O/c1-16-13-17(2)15-20(14-16)23(30)27-24(26-21-9-7-6-8-10-21)25-12-11-22-18(3)28-29(5)19(22)4/h6-10,13-15H,11-12H2,1-5H3,(H2,25,26,27,30). The SMILES string of the molecule is Cc1cc(C)cc(C(=O)NC(=NCCc2c(C)nn(C)c2C)Nc2ccccc2)c1. The number of hydrogen-bond donors (Lipinski definition) is 2. The number of amides is 1. The number of para-hydroxylation sites is 1. The Hall–Kier alpha value is -3.41. The van der Waals surface area contributed by atoms with Gasteiger partial charge in [-0.15, -0.1) is 0 Å². The molecule has 3 aromatic rings. The van der Waals surface area contributed by atoms with Crippen molar-refractivity contribution in [3.63, 3.8) is 0 Å². The minimum Gasteiger partial charge on any atom is -0.326 e. The number of nitrogens with one attached hydrogen (secondary N) is 2. The van der Waals surface area contributed by atoms with Gasteiger partial charge in [0.1, 0.15) is 0 Å². The van der Waals surface area contributed by atoms with E-state index in [1.165, 1.54) is 5.56 Å². The Kier molecular flexibility index (Phi) is 6.67. The van der Waals surface area contributed by atoms with Crippen molar-refractivity contribution in [3.05, 3.63) is 82.2 Å². The fourth-order valence-corrected chi connectivity index (χ4v) is 3.51. The molecule has 1 aromatic heterocycles. The van der Waals surface area contributed by atoms with Crippen LogP contribution in [0.15, 0.2) is 53.5 Å². The Labute approximate surface area is 178 Å². The molecule has 0 saturated heterocycles. The Morgan fingerprint density at radius 1 is 1.03 bits per heavy atom. The summed E-state index contributed by atoms with van der Waals surface area (Å²) in [5, 5.41) is 10.6. The summed E-state index contributed by atoms with van der Waals surface area (Å²) in [6, 6.07) is 15.5. The molecule has 6 heteroatoms. The van der Waals surface area contributed by atoms with Gasteiger partial charge in [-0.2, -0.15) is 5.10 Å². The van der Waals surface area contributed by atoms with Gasteiger partial charge < -0.3 is 5.32 Å². The average Bonchev–Trinajstić information content (AvgIpc) is 2.94. The highest BCUT2D eigenvalue weighted by molar-refractivity contribution is 6.10. The van der Waals surface area contributed by atoms with Gasteiger partial charge in [-0.05, 0) is 63.9 Å². The van der Waals surface area contributed by atoms with E-state index in [1.54, 1.807) is 0 Å². The number of rotatable bonds is 5. The molecule has 0 unspecified atom stereocenters. The summed E-state index contributed by atoms with van der Waals surface area (Å²) in [7, 11) is 1.95. The Balaban J connectivity index is 1.78. The zero-order valence-corrected chi connectivity index (χ0v) is 18.3. The van der Waals surface area contributed by atoms with E-state index in [-0.39, 0.29) is 5.91 Å². The average molecular weight is 404 g/mol. The van der Waals surface area contributed by atoms with Crippen LogP contribution in [0.5, 0.6) is 0 Å². The third-order valence-electron chi connectivity index (χ3n) is 5.04. The predicted molar refractivity (Wildman–Crippen MR) is 122 cm³/mol. The zero-order valence-electron chi connectivity index (χ0n) is 18.3. The van der Waals surface area contributed by atoms with Crippen LogP contribution in [0.4, 0.5) is 5.69 Å². The van der Waals surface area contributed by atoms with Crippen molar-refractivity contribution >= 4 is 17.6 Å². The molecule has 0 aliphatic carbocycles. The van der Waals surface area contributed by atoms with Gasteiger partial charge in [-0.1, -0.05) is 35.4 Å². The lowest BCUT2D eigenvalue weighted by Crippen LogP contribution is -2.36. The maximum atomic E-state index is 12.8. The molecule has 156 valence electrons. The highest BCUT2D eigenvalue weighted by atomic mass is 16.1. The first kappa shape index (κ1) is 21.3. The van der Waals surface area contributed by atoms with Crippen LogP contribution >= 0.6 is 0 Å². The molecule has 30 heavy (non-hydrogen) atoms. The van der Waals surface area contributed by atoms with Crippen molar-refractivity contribution in [2.75, 3.05) is 11.9 Å². The number of carbonyl (C=O) groups excluding carboxylic acids is 1. The summed E-state index contributed by atoms with van der Waals surface area (Å²) in [6.45, 7) is 8.58. The van der Waals surface area contributed by atoms with Crippen molar-refractivity contribution in [2.45, 2.75) is 34.1 Å². The molecule has 0 saturated carbocycles. The molecule has 0 radical (unpaired) electrons. The third kappa shape index (κ3) is 5.35. The monoisotopic (exact) mass is 403 g/mol. The smallest absolute Gasteiger partial charge is 0.257 e. The fourth-order valence-electron chi connectivity index (χ4n) is 3.51. The second kappa shape index (κ2) is 9.39. The van der Waals surface area contributed by atoms with Crippen LogP contribution in [-0.4, -0.2) is 28.2 Å². The van der Waals surface area contributed by atoms with Crippen molar-refractivity contribution in [1.82, 2.24) is 15.1 Å². The number of aliphatic imine (C=N–C) groups is 1. The molecule has 6 nitrogen and oxygen atoms in total. The van der Waals surface area contributed by atoms with Crippen LogP contribution in [0.25, 0.3) is 0 Å². The van der Waals surface area contributed by atoms with E-state index in [2.05, 4.69) is 27.6 Å². The van der Waals surface area contributed by atoms with Gasteiger partial charge in [0.2, 0.25) is 5.96 Å². The largest absolute Gasteiger partial charge is 0.326 e. The van der Waals surface area contributed by atoms with Gasteiger partial charge in [0.05, 0.1) is 5.69 Å². The third-order valence-corrected chi connectivity index (χ3v) is 5.04. The quantitative estimate of drug-likeness (QED) is 0.498. The molecule has 0 aliphatic heterocycles. The molecular weight excluding hydrogens is 374 g/mol. The van der Waals surface area contributed by atoms with Crippen molar-refractivity contribution in [3.8, 4) is 0 Å². The fraction of sp³-hybridized carbons (Fsp3) is 0.292. The normalized spacial score (nSPS) is 11.4. The van der Waals surface area contributed by atoms with Gasteiger partial charge in [0.25, 0.3) is 5.91 Å². The number of aromatic nitrogens is 2. The molecule has 0 fully saturated rings. The van der Waals surface area contributed by atoms with Crippen LogP contribution < -0.4 is 10.6 Å². The number of guanidine groups is 1. The van der Waals surface area contributed by atoms with E-state index in [9.17, 15) is 4.79 Å². The van der Waals surface area contributed by atoms with Crippen molar-refractivity contribution < 1.29 is 4.79 Å². The predicted octanol–water partition coefficient (Wildman–Crippen LogP) is 4.09. The van der Waals surface area contributed by atoms with Gasteiger partial charge in [-0.3, -0.25) is 19.8 Å². The van der Waals surface area contributed by atoms with Gasteiger partial charge in [-0.25, -0.2) is 0 Å². The lowest BCUT2D eigenvalue weighted by atomic mass is 10.1. The zero-order chi connectivity index (χ0) is 21.7. The molecule has 2 N–H and O–H groups in total. The molecule has 0 atom stereocenters. The summed E-state index contributed by atoms with van der Waals surface area (Å²) < 4.78 is 1.89. The molecule has 1 heterocycles. The van der Waals surface area contributed by atoms with E-state index in [0.717, 1.165) is 34.6 Å². The minimum atomic E-state index is -0.183. The van der Waals surface area contributed by atoms with Crippen molar-refractivity contribution in [1.29, 1.82) is 0 Å². The summed E-state index contributed by atoms with van der Waals surface area (Å²) in [4.78, 5) is 17.5. The second-order valence-electron chi connectivity index (χ2n) is 7.57. The first-order chi connectivity index (χ1) is 14.3. The van der Waals surface area contributed by atoms with Crippen molar-refractivity contribution in [2.24, 2.45) is 12.0 Å². The van der Waals surface area contributed by atoms with Crippen LogP contribution in [0, 0.1) is 27.7 Å². The van der Waals surface area contributed by atoms with Crippen LogP contribution in [0.2, 0.25) is 0 Å². The van der Waals surface area contributed by atoms with E-state index in [4.69, 9.17) is 0 Å². The molecular formula is C24H29N5O. The molecule has 0 spiro atoms. The van der Waals surface area contributed by atoms with Gasteiger partial charge in [0, 0.05) is 30.5 Å². The first-order valence-corrected chi connectivity index (χ1v) is 10.1. The van der Waals surface area contributed by atoms with E-state index < -0.39 is 0 Å². The number of hydrogen-bond acceptors (Lipinski definition) is 3. The summed E-state index contributed by atoms with van der Waals surface area (Å²) in [5.41, 5.74) is 6.94. The topological polar surface area (TPSA) is 71.3 Å². The lowest BCUT2D eigenvalue weighted by molar-refractivity contribution is 0.0976. The maximum absolute atomic E-state index is 12.8. The van der Waals surface area contributed by atoms with Gasteiger partial charge >= 0.3 is 0 Å². The molecule has 0 bridgehead atoms. The maximum Gasteiger partial charge on any atom is 0.257 e. The number of aryl methyl sites for hydroxylation is 4. The highest BCUT2D eigenvalue weighted by Crippen LogP contribution is 2.13. The van der Waals surface area contributed by atoms with Crippen LogP contribution in [-0.2, 0) is 13.5 Å². The minimum absolute atomic E-state index is 0.183. The second-order valence-corrected chi connectivity index (χ2v) is 7.57. The first-order valence-electron chi connectivity index (χ1n) is 10.1. The van der Waals surface area contributed by atoms with Gasteiger partial charge in [0.15, 0.2) is 0 Å². The highest BCUT2D eigenvalue weighted by Gasteiger charge is 2.12. The van der Waals surface area contributed by atoms with E-state index in [0.29, 0.717) is 18.1 Å². The Bertz CT molecular complexity index is 1050. The van der Waals surface area contributed by atoms with Crippen LogP contribution in [0.3, 0.4) is 0 Å². The Morgan fingerprint density at radius 2 is 1.70 bits per heavy atom. The number of anilines is 1. The molecule has 1 amide bonds. The molecule has 3 rings (SSSR count). The summed E-state index contributed by atoms with van der Waals surface area (Å²) in [6.07, 6.45) is 0.755. The number of benzene rings is 2. The molecule has 0 aliphatic rings. The summed E-state index contributed by atoms with van der Waals surface area (Å²) >= 11 is 0. The van der Waals surface area contributed by atoms with Crippen LogP contribution in [0.1, 0.15) is 38.4 Å². The number of carbonyl (C=O) groups is 1. The lowest BCUT2D eigenvalue weighted by Gasteiger charge is -2.13. The van der Waals surface area contributed by atoms with E-state index >= 15 is 0 Å². The van der Waals surface area contributed by atoms with E-state index in [1.807, 2.05) is 81.0 Å². The Morgan fingerprint density at radius 3 is 2.30 bits per heavy atom. The summed E-state index contributed by atoms with van der Waals surface area (Å²) in [5.74, 6) is 0.252. The number of nitrogens with zero attached hydrogens (tertiary/aromatic N) is 3. The molecule has 2 aromatic carbocycles.